The van der Waals surface area contributed by atoms with Crippen LogP contribution in [0.2, 0.25) is 0 Å². The van der Waals surface area contributed by atoms with Crippen molar-refractivity contribution >= 4 is 17.7 Å². The molecule has 1 amide bonds. The lowest BCUT2D eigenvalue weighted by molar-refractivity contribution is -0.138. The summed E-state index contributed by atoms with van der Waals surface area (Å²) < 4.78 is 1.85. The molecule has 0 aromatic carbocycles. The number of carboxylic acids is 1. The van der Waals surface area contributed by atoms with Crippen molar-refractivity contribution in [2.24, 2.45) is 0 Å². The van der Waals surface area contributed by atoms with Crippen LogP contribution in [0, 0.1) is 6.92 Å². The first-order valence-corrected chi connectivity index (χ1v) is 9.57. The molecule has 1 fully saturated rings. The number of nitrogens with zero attached hydrogens (tertiary/aromatic N) is 4. The average molecular weight is 380 g/mol. The fourth-order valence-electron chi connectivity index (χ4n) is 3.56. The van der Waals surface area contributed by atoms with Crippen molar-refractivity contribution in [2.45, 2.75) is 58.5 Å². The summed E-state index contributed by atoms with van der Waals surface area (Å²) in [5.41, 5.74) is 0.667. The molecular weight excluding hydrogens is 346 g/mol. The molecule has 8 heteroatoms. The molecule has 0 saturated carbocycles. The van der Waals surface area contributed by atoms with Gasteiger partial charge < -0.3 is 10.4 Å². The molecule has 1 aromatic heterocycles. The maximum Gasteiger partial charge on any atom is 0.317 e. The van der Waals surface area contributed by atoms with Crippen LogP contribution in [0.1, 0.15) is 45.7 Å². The molecule has 1 atom stereocenters. The number of likely N-dealkylation sites (N-methyl/N-ethyl adjacent to an activating group) is 1. The van der Waals surface area contributed by atoms with Crippen molar-refractivity contribution in [1.29, 1.82) is 0 Å². The highest BCUT2D eigenvalue weighted by molar-refractivity contribution is 5.91. The SMILES string of the molecule is Cc1cc(NC(=O)CN2CCCC(N(C)CC(=O)O)CC2)n(C(C)(C)C)n1. The highest BCUT2D eigenvalue weighted by Gasteiger charge is 2.24. The number of likely N-dealkylation sites (tertiary alicyclic amines) is 1. The molecule has 0 spiro atoms. The number of carbonyl (C=O) groups is 2. The summed E-state index contributed by atoms with van der Waals surface area (Å²) in [7, 11) is 1.86. The topological polar surface area (TPSA) is 90.7 Å². The van der Waals surface area contributed by atoms with Crippen molar-refractivity contribution in [3.63, 3.8) is 0 Å². The third-order valence-electron chi connectivity index (χ3n) is 4.90. The van der Waals surface area contributed by atoms with E-state index < -0.39 is 5.97 Å². The molecule has 2 heterocycles. The highest BCUT2D eigenvalue weighted by Crippen LogP contribution is 2.21. The van der Waals surface area contributed by atoms with Crippen molar-refractivity contribution in [3.05, 3.63) is 11.8 Å². The Morgan fingerprint density at radius 1 is 1.33 bits per heavy atom. The van der Waals surface area contributed by atoms with Gasteiger partial charge in [0.1, 0.15) is 5.82 Å². The molecule has 1 unspecified atom stereocenters. The number of amides is 1. The van der Waals surface area contributed by atoms with Crippen LogP contribution in [0.3, 0.4) is 0 Å². The minimum absolute atomic E-state index is 0.0438. The summed E-state index contributed by atoms with van der Waals surface area (Å²) in [4.78, 5) is 27.5. The Labute approximate surface area is 161 Å². The Kier molecular flexibility index (Phi) is 7.00. The second-order valence-corrected chi connectivity index (χ2v) is 8.47. The lowest BCUT2D eigenvalue weighted by atomic mass is 10.1. The van der Waals surface area contributed by atoms with E-state index in [-0.39, 0.29) is 24.0 Å². The van der Waals surface area contributed by atoms with Gasteiger partial charge in [-0.2, -0.15) is 5.10 Å². The first-order valence-electron chi connectivity index (χ1n) is 9.57. The smallest absolute Gasteiger partial charge is 0.317 e. The fraction of sp³-hybridized carbons (Fsp3) is 0.737. The molecule has 27 heavy (non-hydrogen) atoms. The van der Waals surface area contributed by atoms with Crippen molar-refractivity contribution < 1.29 is 14.7 Å². The third-order valence-corrected chi connectivity index (χ3v) is 4.90. The zero-order valence-electron chi connectivity index (χ0n) is 17.2. The van der Waals surface area contributed by atoms with E-state index >= 15 is 0 Å². The molecule has 0 bridgehead atoms. The molecule has 0 aliphatic carbocycles. The quantitative estimate of drug-likeness (QED) is 0.783. The van der Waals surface area contributed by atoms with Gasteiger partial charge in [-0.15, -0.1) is 0 Å². The zero-order chi connectivity index (χ0) is 20.2. The van der Waals surface area contributed by atoms with Crippen LogP contribution in [-0.4, -0.2) is 75.8 Å². The van der Waals surface area contributed by atoms with Gasteiger partial charge in [0, 0.05) is 18.7 Å². The first-order chi connectivity index (χ1) is 12.6. The van der Waals surface area contributed by atoms with Crippen LogP contribution >= 0.6 is 0 Å². The summed E-state index contributed by atoms with van der Waals surface area (Å²) >= 11 is 0. The van der Waals surface area contributed by atoms with Gasteiger partial charge in [-0.1, -0.05) is 0 Å². The standard InChI is InChI=1S/C19H33N5O3/c1-14-11-16(24(21-14)19(2,3)4)20-17(25)12-23-9-6-7-15(8-10-23)22(5)13-18(26)27/h11,15H,6-10,12-13H2,1-5H3,(H,20,25)(H,26,27). The third kappa shape index (κ3) is 6.32. The minimum atomic E-state index is -0.802. The van der Waals surface area contributed by atoms with Gasteiger partial charge in [0.05, 0.1) is 24.3 Å². The van der Waals surface area contributed by atoms with Crippen molar-refractivity contribution in [1.82, 2.24) is 19.6 Å². The number of hydrogen-bond acceptors (Lipinski definition) is 5. The van der Waals surface area contributed by atoms with Gasteiger partial charge in [0.2, 0.25) is 5.91 Å². The van der Waals surface area contributed by atoms with Gasteiger partial charge in [-0.25, -0.2) is 4.68 Å². The number of carbonyl (C=O) groups excluding carboxylic acids is 1. The Hall–Kier alpha value is -1.93. The predicted molar refractivity (Wildman–Crippen MR) is 105 cm³/mol. The summed E-state index contributed by atoms with van der Waals surface area (Å²) in [6.45, 7) is 10.1. The monoisotopic (exact) mass is 379 g/mol. The average Bonchev–Trinajstić information content (AvgIpc) is 2.75. The van der Waals surface area contributed by atoms with Crippen LogP contribution in [0.25, 0.3) is 0 Å². The van der Waals surface area contributed by atoms with E-state index in [1.54, 1.807) is 0 Å². The van der Waals surface area contributed by atoms with Gasteiger partial charge in [0.15, 0.2) is 0 Å². The van der Waals surface area contributed by atoms with E-state index in [0.29, 0.717) is 6.54 Å². The fourth-order valence-corrected chi connectivity index (χ4v) is 3.56. The Morgan fingerprint density at radius 3 is 2.67 bits per heavy atom. The number of nitrogens with one attached hydrogen (secondary N) is 1. The molecule has 8 nitrogen and oxygen atoms in total. The maximum absolute atomic E-state index is 12.6. The number of anilines is 1. The normalized spacial score (nSPS) is 19.1. The van der Waals surface area contributed by atoms with E-state index in [2.05, 4.69) is 36.1 Å². The number of aromatic nitrogens is 2. The van der Waals surface area contributed by atoms with E-state index in [4.69, 9.17) is 5.11 Å². The molecule has 1 aliphatic heterocycles. The van der Waals surface area contributed by atoms with Gasteiger partial charge in [-0.05, 0) is 60.5 Å². The number of hydrogen-bond donors (Lipinski definition) is 2. The van der Waals surface area contributed by atoms with Gasteiger partial charge >= 0.3 is 5.97 Å². The summed E-state index contributed by atoms with van der Waals surface area (Å²) in [6.07, 6.45) is 2.79. The number of rotatable bonds is 6. The molecule has 2 N–H and O–H groups in total. The summed E-state index contributed by atoms with van der Waals surface area (Å²) in [5, 5.41) is 16.4. The molecule has 1 saturated heterocycles. The Bertz CT molecular complexity index is 665. The Balaban J connectivity index is 1.91. The second-order valence-electron chi connectivity index (χ2n) is 8.47. The van der Waals surface area contributed by atoms with Crippen molar-refractivity contribution in [2.75, 3.05) is 38.5 Å². The molecule has 1 aliphatic rings. The van der Waals surface area contributed by atoms with Crippen LogP contribution < -0.4 is 5.32 Å². The lowest BCUT2D eigenvalue weighted by Gasteiger charge is -2.25. The Morgan fingerprint density at radius 2 is 2.04 bits per heavy atom. The lowest BCUT2D eigenvalue weighted by Crippen LogP contribution is -2.38. The summed E-state index contributed by atoms with van der Waals surface area (Å²) in [6, 6.07) is 2.14. The van der Waals surface area contributed by atoms with Crippen LogP contribution in [0.15, 0.2) is 6.07 Å². The van der Waals surface area contributed by atoms with E-state index in [1.807, 2.05) is 29.6 Å². The maximum atomic E-state index is 12.6. The number of aryl methyl sites for hydroxylation is 1. The zero-order valence-corrected chi connectivity index (χ0v) is 17.2. The molecule has 2 rings (SSSR count). The van der Waals surface area contributed by atoms with Crippen LogP contribution in [-0.2, 0) is 15.1 Å². The molecule has 152 valence electrons. The van der Waals surface area contributed by atoms with E-state index in [0.717, 1.165) is 43.9 Å². The molecule has 0 radical (unpaired) electrons. The van der Waals surface area contributed by atoms with Crippen molar-refractivity contribution in [3.8, 4) is 0 Å². The first kappa shape index (κ1) is 21.4. The predicted octanol–water partition coefficient (Wildman–Crippen LogP) is 1.76. The van der Waals surface area contributed by atoms with Gasteiger partial charge in [0.25, 0.3) is 0 Å². The summed E-state index contributed by atoms with van der Waals surface area (Å²) in [5.74, 6) is -0.125. The minimum Gasteiger partial charge on any atom is -0.480 e. The van der Waals surface area contributed by atoms with E-state index in [9.17, 15) is 9.59 Å². The number of aliphatic carboxylic acids is 1. The molecule has 1 aromatic rings. The van der Waals surface area contributed by atoms with Crippen LogP contribution in [0.4, 0.5) is 5.82 Å². The number of carboxylic acid groups (broad SMARTS) is 1. The van der Waals surface area contributed by atoms with Crippen LogP contribution in [0.5, 0.6) is 0 Å². The van der Waals surface area contributed by atoms with E-state index in [1.165, 1.54) is 0 Å². The molecular formula is C19H33N5O3. The second kappa shape index (κ2) is 8.84. The largest absolute Gasteiger partial charge is 0.480 e. The highest BCUT2D eigenvalue weighted by atomic mass is 16.4. The van der Waals surface area contributed by atoms with Gasteiger partial charge in [-0.3, -0.25) is 19.4 Å².